The fraction of sp³-hybridized carbons (Fsp3) is 0.238. The van der Waals surface area contributed by atoms with Crippen LogP contribution in [0.15, 0.2) is 54.6 Å². The van der Waals surface area contributed by atoms with Gasteiger partial charge in [0.25, 0.3) is 0 Å². The molecule has 0 saturated heterocycles. The topological polar surface area (TPSA) is 46.9 Å². The predicted octanol–water partition coefficient (Wildman–Crippen LogP) is 4.39. The number of carbonyl (C=O) groups is 1. The molecule has 0 aliphatic heterocycles. The van der Waals surface area contributed by atoms with E-state index in [-0.39, 0.29) is 5.91 Å². The maximum absolute atomic E-state index is 12.2. The highest BCUT2D eigenvalue weighted by Crippen LogP contribution is 2.17. The molecular weight excluding hydrogens is 346 g/mol. The molecule has 3 rings (SSSR count). The van der Waals surface area contributed by atoms with Gasteiger partial charge in [0.2, 0.25) is 5.91 Å². The summed E-state index contributed by atoms with van der Waals surface area (Å²) < 4.78 is 1.92. The molecular formula is C21H22ClN3O. The Kier molecular flexibility index (Phi) is 5.74. The van der Waals surface area contributed by atoms with Gasteiger partial charge in [-0.2, -0.15) is 5.10 Å². The van der Waals surface area contributed by atoms with Gasteiger partial charge < -0.3 is 5.32 Å². The molecule has 4 nitrogen and oxygen atoms in total. The van der Waals surface area contributed by atoms with E-state index in [1.807, 2.05) is 73.1 Å². The number of nitrogens with zero attached hydrogens (tertiary/aromatic N) is 2. The summed E-state index contributed by atoms with van der Waals surface area (Å²) in [5.41, 5.74) is 5.17. The quantitative estimate of drug-likeness (QED) is 0.702. The zero-order valence-electron chi connectivity index (χ0n) is 15.0. The third-order valence-electron chi connectivity index (χ3n) is 4.46. The van der Waals surface area contributed by atoms with E-state index < -0.39 is 0 Å². The molecule has 2 aromatic carbocycles. The van der Waals surface area contributed by atoms with E-state index in [0.717, 1.165) is 28.2 Å². The number of para-hydroxylation sites is 1. The zero-order chi connectivity index (χ0) is 18.5. The van der Waals surface area contributed by atoms with Crippen LogP contribution >= 0.6 is 11.6 Å². The van der Waals surface area contributed by atoms with Crippen LogP contribution in [-0.4, -0.2) is 15.7 Å². The lowest BCUT2D eigenvalue weighted by Gasteiger charge is -2.07. The molecule has 0 atom stereocenters. The van der Waals surface area contributed by atoms with Crippen molar-refractivity contribution < 1.29 is 4.79 Å². The van der Waals surface area contributed by atoms with E-state index in [4.69, 9.17) is 11.6 Å². The second-order valence-electron chi connectivity index (χ2n) is 6.30. The molecule has 0 spiro atoms. The van der Waals surface area contributed by atoms with E-state index in [0.29, 0.717) is 24.4 Å². The van der Waals surface area contributed by atoms with Gasteiger partial charge >= 0.3 is 0 Å². The molecule has 5 heteroatoms. The van der Waals surface area contributed by atoms with E-state index >= 15 is 0 Å². The Hall–Kier alpha value is -2.59. The van der Waals surface area contributed by atoms with Gasteiger partial charge in [-0.25, -0.2) is 4.68 Å². The summed E-state index contributed by atoms with van der Waals surface area (Å²) in [7, 11) is 0. The van der Waals surface area contributed by atoms with Gasteiger partial charge in [-0.05, 0) is 50.1 Å². The molecule has 0 bridgehead atoms. The highest BCUT2D eigenvalue weighted by Gasteiger charge is 2.13. The van der Waals surface area contributed by atoms with Crippen LogP contribution in [0.25, 0.3) is 5.69 Å². The predicted molar refractivity (Wildman–Crippen MR) is 105 cm³/mol. The first-order chi connectivity index (χ1) is 12.5. The number of amides is 1. The average molecular weight is 368 g/mol. The van der Waals surface area contributed by atoms with Gasteiger partial charge in [-0.1, -0.05) is 41.9 Å². The maximum Gasteiger partial charge on any atom is 0.220 e. The molecule has 1 amide bonds. The van der Waals surface area contributed by atoms with Crippen molar-refractivity contribution in [1.82, 2.24) is 15.1 Å². The van der Waals surface area contributed by atoms with E-state index in [9.17, 15) is 4.79 Å². The van der Waals surface area contributed by atoms with Crippen molar-refractivity contribution in [1.29, 1.82) is 0 Å². The number of aryl methyl sites for hydroxylation is 2. The monoisotopic (exact) mass is 367 g/mol. The van der Waals surface area contributed by atoms with Crippen LogP contribution in [0.5, 0.6) is 0 Å². The van der Waals surface area contributed by atoms with Crippen LogP contribution in [0.4, 0.5) is 0 Å². The van der Waals surface area contributed by atoms with Crippen molar-refractivity contribution in [2.45, 2.75) is 33.2 Å². The van der Waals surface area contributed by atoms with Crippen LogP contribution in [0.2, 0.25) is 5.02 Å². The second kappa shape index (κ2) is 8.19. The Bertz CT molecular complexity index is 886. The molecule has 0 fully saturated rings. The highest BCUT2D eigenvalue weighted by molar-refractivity contribution is 6.30. The van der Waals surface area contributed by atoms with Gasteiger partial charge in [0, 0.05) is 29.2 Å². The maximum atomic E-state index is 12.2. The molecule has 3 aromatic rings. The van der Waals surface area contributed by atoms with Gasteiger partial charge in [-0.15, -0.1) is 0 Å². The van der Waals surface area contributed by atoms with Gasteiger partial charge in [-0.3, -0.25) is 4.79 Å². The van der Waals surface area contributed by atoms with Crippen molar-refractivity contribution in [2.75, 3.05) is 0 Å². The lowest BCUT2D eigenvalue weighted by molar-refractivity contribution is -0.121. The number of hydrogen-bond acceptors (Lipinski definition) is 2. The highest BCUT2D eigenvalue weighted by atomic mass is 35.5. The zero-order valence-corrected chi connectivity index (χ0v) is 15.8. The summed E-state index contributed by atoms with van der Waals surface area (Å²) >= 11 is 5.88. The summed E-state index contributed by atoms with van der Waals surface area (Å²) in [5, 5.41) is 8.33. The summed E-state index contributed by atoms with van der Waals surface area (Å²) in [5.74, 6) is 0.0335. The van der Waals surface area contributed by atoms with E-state index in [1.165, 1.54) is 0 Å². The smallest absolute Gasteiger partial charge is 0.220 e. The Morgan fingerprint density at radius 1 is 1.08 bits per heavy atom. The normalized spacial score (nSPS) is 10.7. The number of aromatic nitrogens is 2. The van der Waals surface area contributed by atoms with Gasteiger partial charge in [0.15, 0.2) is 0 Å². The Morgan fingerprint density at radius 2 is 1.77 bits per heavy atom. The summed E-state index contributed by atoms with van der Waals surface area (Å²) in [6, 6.07) is 17.6. The fourth-order valence-electron chi connectivity index (χ4n) is 2.94. The Labute approximate surface area is 158 Å². The molecule has 0 radical (unpaired) electrons. The van der Waals surface area contributed by atoms with Crippen molar-refractivity contribution in [3.8, 4) is 5.69 Å². The van der Waals surface area contributed by atoms with Crippen LogP contribution in [0.1, 0.15) is 28.9 Å². The van der Waals surface area contributed by atoms with Crippen molar-refractivity contribution in [3.05, 3.63) is 82.1 Å². The third kappa shape index (κ3) is 4.33. The minimum Gasteiger partial charge on any atom is -0.352 e. The van der Waals surface area contributed by atoms with Crippen molar-refractivity contribution in [3.63, 3.8) is 0 Å². The van der Waals surface area contributed by atoms with Crippen LogP contribution in [0.3, 0.4) is 0 Å². The minimum absolute atomic E-state index is 0.0335. The number of benzene rings is 2. The SMILES string of the molecule is Cc1nn(-c2ccccc2)c(C)c1CNC(=O)CCc1ccc(Cl)cc1. The lowest BCUT2D eigenvalue weighted by atomic mass is 10.1. The first kappa shape index (κ1) is 18.2. The molecule has 1 aromatic heterocycles. The summed E-state index contributed by atoms with van der Waals surface area (Å²) in [6.07, 6.45) is 1.15. The first-order valence-corrected chi connectivity index (χ1v) is 9.04. The Morgan fingerprint density at radius 3 is 2.46 bits per heavy atom. The third-order valence-corrected chi connectivity index (χ3v) is 4.71. The second-order valence-corrected chi connectivity index (χ2v) is 6.74. The number of halogens is 1. The van der Waals surface area contributed by atoms with Crippen molar-refractivity contribution in [2.24, 2.45) is 0 Å². The van der Waals surface area contributed by atoms with Gasteiger partial charge in [0.1, 0.15) is 0 Å². The number of carbonyl (C=O) groups excluding carboxylic acids is 1. The lowest BCUT2D eigenvalue weighted by Crippen LogP contribution is -2.23. The largest absolute Gasteiger partial charge is 0.352 e. The molecule has 26 heavy (non-hydrogen) atoms. The summed E-state index contributed by atoms with van der Waals surface area (Å²) in [4.78, 5) is 12.2. The molecule has 1 heterocycles. The molecule has 1 N–H and O–H groups in total. The van der Waals surface area contributed by atoms with Crippen molar-refractivity contribution >= 4 is 17.5 Å². The van der Waals surface area contributed by atoms with Crippen LogP contribution in [-0.2, 0) is 17.8 Å². The molecule has 0 aliphatic carbocycles. The van der Waals surface area contributed by atoms with E-state index in [2.05, 4.69) is 10.4 Å². The first-order valence-electron chi connectivity index (χ1n) is 8.66. The molecule has 134 valence electrons. The molecule has 0 saturated carbocycles. The fourth-order valence-corrected chi connectivity index (χ4v) is 3.06. The van der Waals surface area contributed by atoms with E-state index in [1.54, 1.807) is 0 Å². The Balaban J connectivity index is 1.60. The average Bonchev–Trinajstić information content (AvgIpc) is 2.94. The minimum atomic E-state index is 0.0335. The van der Waals surface area contributed by atoms with Crippen LogP contribution in [0, 0.1) is 13.8 Å². The van der Waals surface area contributed by atoms with Crippen LogP contribution < -0.4 is 5.32 Å². The summed E-state index contributed by atoms with van der Waals surface area (Å²) in [6.45, 7) is 4.49. The molecule has 0 aliphatic rings. The van der Waals surface area contributed by atoms with Gasteiger partial charge in [0.05, 0.1) is 11.4 Å². The molecule has 0 unspecified atom stereocenters. The number of hydrogen-bond donors (Lipinski definition) is 1. The standard InChI is InChI=1S/C21H22ClN3O/c1-15-20(16(2)25(24-15)19-6-4-3-5-7-19)14-23-21(26)13-10-17-8-11-18(22)12-9-17/h3-9,11-12H,10,13-14H2,1-2H3,(H,23,26). The number of rotatable bonds is 6. The number of nitrogens with one attached hydrogen (secondary N) is 1.